The summed E-state index contributed by atoms with van der Waals surface area (Å²) in [6.07, 6.45) is -0.859. The van der Waals surface area contributed by atoms with Crippen LogP contribution in [0.25, 0.3) is 10.4 Å². The molecule has 1 saturated heterocycles. The smallest absolute Gasteiger partial charge is 0.261 e. The highest BCUT2D eigenvalue weighted by molar-refractivity contribution is 6.99. The van der Waals surface area contributed by atoms with Gasteiger partial charge in [0.05, 0.1) is 6.04 Å². The van der Waals surface area contributed by atoms with Gasteiger partial charge >= 0.3 is 0 Å². The Hall–Kier alpha value is -2.48. The lowest BCUT2D eigenvalue weighted by Crippen LogP contribution is -2.67. The summed E-state index contributed by atoms with van der Waals surface area (Å²) in [4.78, 5) is 14.7. The van der Waals surface area contributed by atoms with Gasteiger partial charge in [-0.05, 0) is 34.8 Å². The summed E-state index contributed by atoms with van der Waals surface area (Å²) in [5.41, 5.74) is 9.24. The molecule has 0 aromatic heterocycles. The number of hydrogen-bond acceptors (Lipinski definition) is 5. The number of azide groups is 1. The Morgan fingerprint density at radius 3 is 2.06 bits per heavy atom. The van der Waals surface area contributed by atoms with E-state index in [1.54, 1.807) is 13.8 Å². The lowest BCUT2D eigenvalue weighted by molar-refractivity contribution is -0.151. The zero-order valence-electron chi connectivity index (χ0n) is 19.3. The van der Waals surface area contributed by atoms with Crippen LogP contribution in [0, 0.1) is 0 Å². The van der Waals surface area contributed by atoms with Gasteiger partial charge in [0.15, 0.2) is 12.1 Å². The molecule has 0 saturated carbocycles. The maximum Gasteiger partial charge on any atom is 0.261 e. The molecule has 2 aromatic rings. The fourth-order valence-corrected chi connectivity index (χ4v) is 9.03. The standard InChI is InChI=1S/C24H31N3O4Si/c1-23(2,3)32(18-12-8-6-9-13-18,19-14-10-7-11-15-19)29-17-20(26-27-25)22-21(16-28)30-24(4,5)31-22/h6-16,20-22H,17H2,1-5H3/t20-,21+,22+/m1/s1. The minimum atomic E-state index is -2.83. The van der Waals surface area contributed by atoms with Crippen molar-refractivity contribution in [1.29, 1.82) is 0 Å². The minimum Gasteiger partial charge on any atom is -0.407 e. The molecule has 1 fully saturated rings. The van der Waals surface area contributed by atoms with Gasteiger partial charge in [0.2, 0.25) is 0 Å². The summed E-state index contributed by atoms with van der Waals surface area (Å²) < 4.78 is 18.5. The van der Waals surface area contributed by atoms with Gasteiger partial charge in [-0.15, -0.1) is 0 Å². The van der Waals surface area contributed by atoms with Crippen LogP contribution in [-0.2, 0) is 18.7 Å². The van der Waals surface area contributed by atoms with Crippen molar-refractivity contribution in [1.82, 2.24) is 0 Å². The highest BCUT2D eigenvalue weighted by atomic mass is 28.4. The van der Waals surface area contributed by atoms with E-state index in [-0.39, 0.29) is 11.6 Å². The maximum absolute atomic E-state index is 11.6. The van der Waals surface area contributed by atoms with Gasteiger partial charge in [-0.2, -0.15) is 0 Å². The molecule has 32 heavy (non-hydrogen) atoms. The van der Waals surface area contributed by atoms with Crippen molar-refractivity contribution in [3.8, 4) is 0 Å². The fraction of sp³-hybridized carbons (Fsp3) is 0.458. The van der Waals surface area contributed by atoms with E-state index in [2.05, 4.69) is 55.1 Å². The normalized spacial score (nSPS) is 21.5. The van der Waals surface area contributed by atoms with Crippen LogP contribution in [0.3, 0.4) is 0 Å². The van der Waals surface area contributed by atoms with Gasteiger partial charge in [0, 0.05) is 11.5 Å². The highest BCUT2D eigenvalue weighted by Crippen LogP contribution is 2.38. The van der Waals surface area contributed by atoms with E-state index in [1.165, 1.54) is 0 Å². The van der Waals surface area contributed by atoms with E-state index in [4.69, 9.17) is 13.9 Å². The van der Waals surface area contributed by atoms with Gasteiger partial charge in [0.1, 0.15) is 12.2 Å². The third-order valence-corrected chi connectivity index (χ3v) is 10.8. The largest absolute Gasteiger partial charge is 0.407 e. The van der Waals surface area contributed by atoms with Crippen LogP contribution in [-0.4, -0.2) is 45.2 Å². The van der Waals surface area contributed by atoms with E-state index in [0.29, 0.717) is 6.29 Å². The van der Waals surface area contributed by atoms with E-state index in [1.807, 2.05) is 36.4 Å². The van der Waals surface area contributed by atoms with E-state index in [0.717, 1.165) is 10.4 Å². The van der Waals surface area contributed by atoms with Gasteiger partial charge in [-0.3, -0.25) is 0 Å². The molecule has 0 radical (unpaired) electrons. The molecule has 7 nitrogen and oxygen atoms in total. The zero-order chi connectivity index (χ0) is 23.4. The molecule has 170 valence electrons. The molecular weight excluding hydrogens is 422 g/mol. The first-order valence-corrected chi connectivity index (χ1v) is 12.7. The first kappa shape index (κ1) is 24.2. The quantitative estimate of drug-likeness (QED) is 0.199. The second-order valence-corrected chi connectivity index (χ2v) is 13.8. The Kier molecular flexibility index (Phi) is 7.22. The van der Waals surface area contributed by atoms with E-state index < -0.39 is 32.4 Å². The molecule has 2 aromatic carbocycles. The van der Waals surface area contributed by atoms with E-state index in [9.17, 15) is 10.3 Å². The number of ether oxygens (including phenoxy) is 2. The highest BCUT2D eigenvalue weighted by Gasteiger charge is 2.52. The molecule has 0 bridgehead atoms. The van der Waals surface area contributed by atoms with Crippen LogP contribution in [0.4, 0.5) is 0 Å². The minimum absolute atomic E-state index is 0.103. The number of carbonyl (C=O) groups excluding carboxylic acids is 1. The summed E-state index contributed by atoms with van der Waals surface area (Å²) in [5, 5.41) is 5.97. The Morgan fingerprint density at radius 1 is 1.09 bits per heavy atom. The third-order valence-electron chi connectivity index (χ3n) is 5.76. The average molecular weight is 454 g/mol. The fourth-order valence-electron chi connectivity index (χ4n) is 4.45. The van der Waals surface area contributed by atoms with Crippen molar-refractivity contribution < 1.29 is 18.7 Å². The van der Waals surface area contributed by atoms with Crippen molar-refractivity contribution in [2.45, 2.75) is 63.7 Å². The van der Waals surface area contributed by atoms with Crippen LogP contribution in [0.1, 0.15) is 34.6 Å². The topological polar surface area (TPSA) is 93.5 Å². The number of aldehydes is 1. The lowest BCUT2D eigenvalue weighted by atomic mass is 10.1. The zero-order valence-corrected chi connectivity index (χ0v) is 20.3. The van der Waals surface area contributed by atoms with Crippen LogP contribution in [0.5, 0.6) is 0 Å². The number of rotatable bonds is 8. The molecule has 0 unspecified atom stereocenters. The van der Waals surface area contributed by atoms with Gasteiger partial charge in [-0.1, -0.05) is 86.5 Å². The summed E-state index contributed by atoms with van der Waals surface area (Å²) in [6.45, 7) is 10.1. The molecule has 1 heterocycles. The van der Waals surface area contributed by atoms with Gasteiger partial charge in [0.25, 0.3) is 8.32 Å². The first-order chi connectivity index (χ1) is 15.1. The first-order valence-electron chi connectivity index (χ1n) is 10.7. The molecule has 8 heteroatoms. The van der Waals surface area contributed by atoms with Crippen molar-refractivity contribution in [3.05, 3.63) is 71.1 Å². The second kappa shape index (κ2) is 9.56. The Morgan fingerprint density at radius 2 is 1.62 bits per heavy atom. The van der Waals surface area contributed by atoms with Crippen LogP contribution >= 0.6 is 0 Å². The van der Waals surface area contributed by atoms with Crippen LogP contribution < -0.4 is 10.4 Å². The van der Waals surface area contributed by atoms with Crippen molar-refractivity contribution in [2.75, 3.05) is 6.61 Å². The monoisotopic (exact) mass is 453 g/mol. The molecule has 0 aliphatic carbocycles. The predicted octanol–water partition coefficient (Wildman–Crippen LogP) is 3.96. The number of carbonyl (C=O) groups is 1. The lowest BCUT2D eigenvalue weighted by Gasteiger charge is -2.43. The molecule has 0 amide bonds. The van der Waals surface area contributed by atoms with E-state index >= 15 is 0 Å². The predicted molar refractivity (Wildman–Crippen MR) is 126 cm³/mol. The summed E-state index contributed by atoms with van der Waals surface area (Å²) in [7, 11) is -2.83. The molecular formula is C24H31N3O4Si. The molecule has 0 N–H and O–H groups in total. The molecule has 1 aliphatic heterocycles. The summed E-state index contributed by atoms with van der Waals surface area (Å²) >= 11 is 0. The summed E-state index contributed by atoms with van der Waals surface area (Å²) in [5.74, 6) is -0.948. The average Bonchev–Trinajstić information content (AvgIpc) is 3.08. The maximum atomic E-state index is 11.6. The van der Waals surface area contributed by atoms with Crippen LogP contribution in [0.2, 0.25) is 5.04 Å². The van der Waals surface area contributed by atoms with Gasteiger partial charge in [-0.25, -0.2) is 0 Å². The Balaban J connectivity index is 2.05. The van der Waals surface area contributed by atoms with Crippen molar-refractivity contribution in [2.24, 2.45) is 5.11 Å². The molecule has 3 rings (SSSR count). The van der Waals surface area contributed by atoms with Gasteiger partial charge < -0.3 is 18.7 Å². The molecule has 3 atom stereocenters. The van der Waals surface area contributed by atoms with Crippen molar-refractivity contribution in [3.63, 3.8) is 0 Å². The molecule has 0 spiro atoms. The van der Waals surface area contributed by atoms with Crippen LogP contribution in [0.15, 0.2) is 65.8 Å². The molecule has 1 aliphatic rings. The Labute approximate surface area is 190 Å². The number of hydrogen-bond donors (Lipinski definition) is 0. The second-order valence-electron chi connectivity index (χ2n) is 9.45. The number of nitrogens with zero attached hydrogens (tertiary/aromatic N) is 3. The van der Waals surface area contributed by atoms with Crippen molar-refractivity contribution >= 4 is 25.0 Å². The SMILES string of the molecule is CC1(C)O[C@@H]([C@@H](CO[Si](c2ccccc2)(c2ccccc2)C(C)(C)C)N=[N+]=[N-])[C@H](C=O)O1. The number of benzene rings is 2. The Bertz CT molecular complexity index is 917. The third kappa shape index (κ3) is 4.80. The summed E-state index contributed by atoms with van der Waals surface area (Å²) in [6, 6.07) is 19.7.